The molecular weight excluding hydrogens is 256 g/mol. The summed E-state index contributed by atoms with van der Waals surface area (Å²) in [4.78, 5) is 4.43. The molecule has 21 heavy (non-hydrogen) atoms. The lowest BCUT2D eigenvalue weighted by atomic mass is 10.0. The fourth-order valence-corrected chi connectivity index (χ4v) is 2.74. The number of nitrogens with zero attached hydrogens (tertiary/aromatic N) is 1. The predicted molar refractivity (Wildman–Crippen MR) is 92.6 cm³/mol. The highest BCUT2D eigenvalue weighted by Crippen LogP contribution is 2.12. The topological polar surface area (TPSA) is 24.9 Å². The Kier molecular flexibility index (Phi) is 11.1. The standard InChI is InChI=1S/C19H34N2/c1-3-5-6-7-8-9-12-18(20-16-4-2)14-15-19-13-10-11-17-21-19/h10-11,13,17-18,20H,3-9,12,14-16H2,1-2H3. The molecule has 1 aromatic heterocycles. The van der Waals surface area contributed by atoms with Gasteiger partial charge < -0.3 is 5.32 Å². The fraction of sp³-hybridized carbons (Fsp3) is 0.737. The minimum Gasteiger partial charge on any atom is -0.314 e. The Morgan fingerprint density at radius 1 is 0.952 bits per heavy atom. The van der Waals surface area contributed by atoms with E-state index in [2.05, 4.69) is 36.3 Å². The molecular formula is C19H34N2. The SMILES string of the molecule is CCCCCCCCC(CCc1ccccn1)NCCC. The summed E-state index contributed by atoms with van der Waals surface area (Å²) < 4.78 is 0. The first-order valence-corrected chi connectivity index (χ1v) is 9.00. The van der Waals surface area contributed by atoms with E-state index < -0.39 is 0 Å². The molecule has 0 aliphatic carbocycles. The third-order valence-corrected chi connectivity index (χ3v) is 4.06. The van der Waals surface area contributed by atoms with Crippen molar-refractivity contribution in [3.63, 3.8) is 0 Å². The van der Waals surface area contributed by atoms with E-state index in [1.807, 2.05) is 12.3 Å². The van der Waals surface area contributed by atoms with E-state index in [1.54, 1.807) is 0 Å². The first kappa shape index (κ1) is 18.2. The van der Waals surface area contributed by atoms with Gasteiger partial charge in [0.25, 0.3) is 0 Å². The van der Waals surface area contributed by atoms with Crippen LogP contribution in [0.25, 0.3) is 0 Å². The van der Waals surface area contributed by atoms with Gasteiger partial charge in [0.05, 0.1) is 0 Å². The van der Waals surface area contributed by atoms with Gasteiger partial charge in [-0.2, -0.15) is 0 Å². The summed E-state index contributed by atoms with van der Waals surface area (Å²) in [5, 5.41) is 3.71. The molecule has 0 radical (unpaired) electrons. The summed E-state index contributed by atoms with van der Waals surface area (Å²) in [7, 11) is 0. The number of hydrogen-bond donors (Lipinski definition) is 1. The van der Waals surface area contributed by atoms with Gasteiger partial charge in [0.1, 0.15) is 0 Å². The van der Waals surface area contributed by atoms with Crippen LogP contribution in [-0.2, 0) is 6.42 Å². The van der Waals surface area contributed by atoms with Crippen LogP contribution in [0.5, 0.6) is 0 Å². The molecule has 2 nitrogen and oxygen atoms in total. The highest BCUT2D eigenvalue weighted by molar-refractivity contribution is 5.03. The maximum atomic E-state index is 4.43. The highest BCUT2D eigenvalue weighted by atomic mass is 14.9. The molecule has 1 N–H and O–H groups in total. The molecule has 1 heterocycles. The van der Waals surface area contributed by atoms with Crippen LogP contribution in [0.4, 0.5) is 0 Å². The first-order valence-electron chi connectivity index (χ1n) is 9.00. The Bertz CT molecular complexity index is 324. The van der Waals surface area contributed by atoms with Gasteiger partial charge in [-0.3, -0.25) is 4.98 Å². The van der Waals surface area contributed by atoms with Gasteiger partial charge >= 0.3 is 0 Å². The molecule has 0 saturated carbocycles. The summed E-state index contributed by atoms with van der Waals surface area (Å²) in [5.41, 5.74) is 1.23. The zero-order chi connectivity index (χ0) is 15.2. The first-order chi connectivity index (χ1) is 10.4. The average Bonchev–Trinajstić information content (AvgIpc) is 2.53. The summed E-state index contributed by atoms with van der Waals surface area (Å²) in [6, 6.07) is 6.89. The molecule has 0 aromatic carbocycles. The average molecular weight is 290 g/mol. The Morgan fingerprint density at radius 2 is 1.76 bits per heavy atom. The Morgan fingerprint density at radius 3 is 2.48 bits per heavy atom. The number of pyridine rings is 1. The van der Waals surface area contributed by atoms with Crippen LogP contribution < -0.4 is 5.32 Å². The molecule has 0 saturated heterocycles. The van der Waals surface area contributed by atoms with Crippen LogP contribution in [-0.4, -0.2) is 17.6 Å². The summed E-state index contributed by atoms with van der Waals surface area (Å²) in [5.74, 6) is 0. The predicted octanol–water partition coefficient (Wildman–Crippen LogP) is 5.13. The zero-order valence-corrected chi connectivity index (χ0v) is 14.1. The molecule has 120 valence electrons. The number of hydrogen-bond acceptors (Lipinski definition) is 2. The van der Waals surface area contributed by atoms with Crippen molar-refractivity contribution in [3.05, 3.63) is 30.1 Å². The van der Waals surface area contributed by atoms with E-state index in [4.69, 9.17) is 0 Å². The second kappa shape index (κ2) is 12.8. The minimum atomic E-state index is 0.665. The quantitative estimate of drug-likeness (QED) is 0.509. The maximum absolute atomic E-state index is 4.43. The summed E-state index contributed by atoms with van der Waals surface area (Å²) in [6.45, 7) is 5.67. The summed E-state index contributed by atoms with van der Waals surface area (Å²) in [6.07, 6.45) is 15.1. The Labute approximate surface area is 131 Å². The van der Waals surface area contributed by atoms with Gasteiger partial charge in [0.2, 0.25) is 0 Å². The second-order valence-corrected chi connectivity index (χ2v) is 6.07. The lowest BCUT2D eigenvalue weighted by Gasteiger charge is -2.18. The van der Waals surface area contributed by atoms with Gasteiger partial charge in [0.15, 0.2) is 0 Å². The normalized spacial score (nSPS) is 12.5. The lowest BCUT2D eigenvalue weighted by Crippen LogP contribution is -2.30. The van der Waals surface area contributed by atoms with Crippen molar-refractivity contribution in [1.82, 2.24) is 10.3 Å². The van der Waals surface area contributed by atoms with Crippen molar-refractivity contribution in [2.24, 2.45) is 0 Å². The van der Waals surface area contributed by atoms with E-state index in [9.17, 15) is 0 Å². The van der Waals surface area contributed by atoms with E-state index in [0.29, 0.717) is 6.04 Å². The third kappa shape index (κ3) is 9.62. The largest absolute Gasteiger partial charge is 0.314 e. The van der Waals surface area contributed by atoms with Crippen molar-refractivity contribution < 1.29 is 0 Å². The smallest absolute Gasteiger partial charge is 0.0404 e. The molecule has 1 atom stereocenters. The Balaban J connectivity index is 2.20. The van der Waals surface area contributed by atoms with Crippen LogP contribution in [0.15, 0.2) is 24.4 Å². The number of aromatic nitrogens is 1. The van der Waals surface area contributed by atoms with Crippen molar-refractivity contribution in [2.75, 3.05) is 6.54 Å². The van der Waals surface area contributed by atoms with Gasteiger partial charge in [-0.05, 0) is 44.4 Å². The van der Waals surface area contributed by atoms with Crippen LogP contribution in [0.2, 0.25) is 0 Å². The molecule has 2 heteroatoms. The molecule has 1 rings (SSSR count). The third-order valence-electron chi connectivity index (χ3n) is 4.06. The highest BCUT2D eigenvalue weighted by Gasteiger charge is 2.08. The minimum absolute atomic E-state index is 0.665. The van der Waals surface area contributed by atoms with Gasteiger partial charge in [-0.15, -0.1) is 0 Å². The van der Waals surface area contributed by atoms with Crippen molar-refractivity contribution in [3.8, 4) is 0 Å². The van der Waals surface area contributed by atoms with Crippen molar-refractivity contribution >= 4 is 0 Å². The number of rotatable bonds is 13. The van der Waals surface area contributed by atoms with E-state index >= 15 is 0 Å². The zero-order valence-electron chi connectivity index (χ0n) is 14.1. The van der Waals surface area contributed by atoms with Crippen LogP contribution >= 0.6 is 0 Å². The number of aryl methyl sites for hydroxylation is 1. The molecule has 0 spiro atoms. The van der Waals surface area contributed by atoms with Crippen molar-refractivity contribution in [2.45, 2.75) is 84.1 Å². The maximum Gasteiger partial charge on any atom is 0.0404 e. The number of nitrogens with one attached hydrogen (secondary N) is 1. The molecule has 0 fully saturated rings. The van der Waals surface area contributed by atoms with E-state index in [0.717, 1.165) is 13.0 Å². The van der Waals surface area contributed by atoms with Gasteiger partial charge in [0, 0.05) is 17.9 Å². The van der Waals surface area contributed by atoms with Crippen LogP contribution in [0, 0.1) is 0 Å². The van der Waals surface area contributed by atoms with Gasteiger partial charge in [-0.1, -0.05) is 58.4 Å². The molecule has 1 aromatic rings. The molecule has 0 bridgehead atoms. The van der Waals surface area contributed by atoms with E-state index in [-0.39, 0.29) is 0 Å². The van der Waals surface area contributed by atoms with Crippen LogP contribution in [0.1, 0.15) is 77.3 Å². The molecule has 0 aliphatic rings. The molecule has 0 amide bonds. The fourth-order valence-electron chi connectivity index (χ4n) is 2.74. The van der Waals surface area contributed by atoms with E-state index in [1.165, 1.54) is 63.5 Å². The Hall–Kier alpha value is -0.890. The summed E-state index contributed by atoms with van der Waals surface area (Å²) >= 11 is 0. The monoisotopic (exact) mass is 290 g/mol. The molecule has 0 aliphatic heterocycles. The van der Waals surface area contributed by atoms with Crippen molar-refractivity contribution in [1.29, 1.82) is 0 Å². The second-order valence-electron chi connectivity index (χ2n) is 6.07. The number of unbranched alkanes of at least 4 members (excludes halogenated alkanes) is 5. The molecule has 1 unspecified atom stereocenters. The van der Waals surface area contributed by atoms with Gasteiger partial charge in [-0.25, -0.2) is 0 Å². The van der Waals surface area contributed by atoms with Crippen LogP contribution in [0.3, 0.4) is 0 Å². The lowest BCUT2D eigenvalue weighted by molar-refractivity contribution is 0.429.